The lowest BCUT2D eigenvalue weighted by atomic mass is 9.87. The lowest BCUT2D eigenvalue weighted by Crippen LogP contribution is -2.41. The van der Waals surface area contributed by atoms with Gasteiger partial charge >= 0.3 is 0 Å². The molecule has 0 aromatic carbocycles. The SMILES string of the molecule is CCCNC(C#N)CCN(C)C(C)C(C)(C)C. The van der Waals surface area contributed by atoms with Gasteiger partial charge in [0, 0.05) is 12.6 Å². The van der Waals surface area contributed by atoms with Gasteiger partial charge in [-0.15, -0.1) is 0 Å². The largest absolute Gasteiger partial charge is 0.303 e. The van der Waals surface area contributed by atoms with Crippen molar-refractivity contribution in [3.63, 3.8) is 0 Å². The Morgan fingerprint density at radius 3 is 2.35 bits per heavy atom. The Bertz CT molecular complexity index is 237. The van der Waals surface area contributed by atoms with Gasteiger partial charge in [0.1, 0.15) is 0 Å². The fraction of sp³-hybridized carbons (Fsp3) is 0.929. The molecule has 0 aliphatic heterocycles. The molecule has 17 heavy (non-hydrogen) atoms. The molecule has 2 atom stereocenters. The monoisotopic (exact) mass is 239 g/mol. The number of hydrogen-bond acceptors (Lipinski definition) is 3. The van der Waals surface area contributed by atoms with E-state index in [-0.39, 0.29) is 11.5 Å². The average molecular weight is 239 g/mol. The summed E-state index contributed by atoms with van der Waals surface area (Å²) in [5.41, 5.74) is 0.285. The fourth-order valence-electron chi connectivity index (χ4n) is 1.72. The van der Waals surface area contributed by atoms with Crippen LogP contribution in [-0.2, 0) is 0 Å². The van der Waals surface area contributed by atoms with E-state index in [4.69, 9.17) is 5.26 Å². The van der Waals surface area contributed by atoms with Gasteiger partial charge in [-0.2, -0.15) is 5.26 Å². The molecule has 0 heterocycles. The molecule has 0 saturated heterocycles. The molecule has 3 nitrogen and oxygen atoms in total. The minimum Gasteiger partial charge on any atom is -0.303 e. The third-order valence-corrected chi connectivity index (χ3v) is 3.48. The lowest BCUT2D eigenvalue weighted by Gasteiger charge is -2.35. The van der Waals surface area contributed by atoms with Crippen LogP contribution in [0.4, 0.5) is 0 Å². The predicted octanol–water partition coefficient (Wildman–Crippen LogP) is 2.63. The number of nitrogens with zero attached hydrogens (tertiary/aromatic N) is 2. The summed E-state index contributed by atoms with van der Waals surface area (Å²) in [7, 11) is 2.14. The van der Waals surface area contributed by atoms with Crippen molar-refractivity contribution in [3.8, 4) is 6.07 Å². The Morgan fingerprint density at radius 1 is 1.35 bits per heavy atom. The second kappa shape index (κ2) is 7.68. The van der Waals surface area contributed by atoms with E-state index >= 15 is 0 Å². The summed E-state index contributed by atoms with van der Waals surface area (Å²) in [6.07, 6.45) is 1.97. The van der Waals surface area contributed by atoms with E-state index in [1.165, 1.54) is 0 Å². The number of hydrogen-bond donors (Lipinski definition) is 1. The average Bonchev–Trinajstić information content (AvgIpc) is 2.26. The Labute approximate surface area is 107 Å². The van der Waals surface area contributed by atoms with Crippen LogP contribution in [0.3, 0.4) is 0 Å². The maximum atomic E-state index is 9.03. The first-order valence-electron chi connectivity index (χ1n) is 6.66. The Hall–Kier alpha value is -0.590. The van der Waals surface area contributed by atoms with Crippen molar-refractivity contribution in [3.05, 3.63) is 0 Å². The van der Waals surface area contributed by atoms with E-state index in [1.807, 2.05) is 0 Å². The first-order chi connectivity index (χ1) is 7.82. The topological polar surface area (TPSA) is 39.1 Å². The van der Waals surface area contributed by atoms with Crippen LogP contribution in [0.2, 0.25) is 0 Å². The first kappa shape index (κ1) is 16.4. The van der Waals surface area contributed by atoms with Gasteiger partial charge in [0.05, 0.1) is 12.1 Å². The van der Waals surface area contributed by atoms with Gasteiger partial charge < -0.3 is 10.2 Å². The highest BCUT2D eigenvalue weighted by Crippen LogP contribution is 2.22. The van der Waals surface area contributed by atoms with Crippen LogP contribution >= 0.6 is 0 Å². The second-order valence-electron chi connectivity index (χ2n) is 5.95. The molecule has 0 fully saturated rings. The van der Waals surface area contributed by atoms with Crippen molar-refractivity contribution in [2.45, 2.75) is 59.5 Å². The highest BCUT2D eigenvalue weighted by Gasteiger charge is 2.23. The normalized spacial score (nSPS) is 15.6. The maximum absolute atomic E-state index is 9.03. The van der Waals surface area contributed by atoms with Crippen LogP contribution in [0, 0.1) is 16.7 Å². The minimum atomic E-state index is -0.00966. The summed E-state index contributed by atoms with van der Waals surface area (Å²) in [5.74, 6) is 0. The van der Waals surface area contributed by atoms with Crippen LogP contribution in [-0.4, -0.2) is 37.1 Å². The second-order valence-corrected chi connectivity index (χ2v) is 5.95. The molecule has 0 spiro atoms. The van der Waals surface area contributed by atoms with Crippen LogP contribution in [0.25, 0.3) is 0 Å². The summed E-state index contributed by atoms with van der Waals surface area (Å²) < 4.78 is 0. The molecule has 0 aliphatic rings. The summed E-state index contributed by atoms with van der Waals surface area (Å²) in [5, 5.41) is 12.3. The van der Waals surface area contributed by atoms with Gasteiger partial charge in [0.25, 0.3) is 0 Å². The molecular formula is C14H29N3. The zero-order chi connectivity index (χ0) is 13.5. The number of rotatable bonds is 7. The van der Waals surface area contributed by atoms with E-state index in [0.29, 0.717) is 6.04 Å². The van der Waals surface area contributed by atoms with Gasteiger partial charge in [-0.05, 0) is 38.8 Å². The smallest absolute Gasteiger partial charge is 0.0965 e. The molecule has 100 valence electrons. The molecule has 0 rings (SSSR count). The minimum absolute atomic E-state index is 0.00966. The van der Waals surface area contributed by atoms with E-state index in [1.54, 1.807) is 0 Å². The maximum Gasteiger partial charge on any atom is 0.0965 e. The molecule has 0 amide bonds. The quantitative estimate of drug-likeness (QED) is 0.742. The zero-order valence-corrected chi connectivity index (χ0v) is 12.4. The third-order valence-electron chi connectivity index (χ3n) is 3.48. The van der Waals surface area contributed by atoms with Gasteiger partial charge in [-0.1, -0.05) is 27.7 Å². The molecule has 1 N–H and O–H groups in total. The van der Waals surface area contributed by atoms with Crippen LogP contribution in [0.5, 0.6) is 0 Å². The fourth-order valence-corrected chi connectivity index (χ4v) is 1.72. The van der Waals surface area contributed by atoms with E-state index < -0.39 is 0 Å². The molecule has 3 heteroatoms. The predicted molar refractivity (Wildman–Crippen MR) is 73.9 cm³/mol. The third kappa shape index (κ3) is 6.65. The van der Waals surface area contributed by atoms with Crippen molar-refractivity contribution in [2.75, 3.05) is 20.1 Å². The Kier molecular flexibility index (Phi) is 7.41. The number of nitriles is 1. The van der Waals surface area contributed by atoms with E-state index in [9.17, 15) is 0 Å². The summed E-state index contributed by atoms with van der Waals surface area (Å²) >= 11 is 0. The van der Waals surface area contributed by atoms with Gasteiger partial charge in [-0.3, -0.25) is 0 Å². The Balaban J connectivity index is 4.05. The van der Waals surface area contributed by atoms with Crippen LogP contribution in [0.15, 0.2) is 0 Å². The molecule has 0 aliphatic carbocycles. The van der Waals surface area contributed by atoms with Gasteiger partial charge in [-0.25, -0.2) is 0 Å². The van der Waals surface area contributed by atoms with Crippen molar-refractivity contribution >= 4 is 0 Å². The molecule has 0 bridgehead atoms. The summed E-state index contributed by atoms with van der Waals surface area (Å²) in [4.78, 5) is 2.35. The zero-order valence-electron chi connectivity index (χ0n) is 12.4. The standard InChI is InChI=1S/C14H29N3/c1-7-9-16-13(11-15)8-10-17(6)12(2)14(3,4)5/h12-13,16H,7-10H2,1-6H3. The summed E-state index contributed by atoms with van der Waals surface area (Å²) in [6, 6.07) is 2.84. The molecule has 0 radical (unpaired) electrons. The summed E-state index contributed by atoms with van der Waals surface area (Å²) in [6.45, 7) is 13.0. The molecule has 0 aromatic heterocycles. The van der Waals surface area contributed by atoms with Crippen LogP contribution in [0.1, 0.15) is 47.5 Å². The van der Waals surface area contributed by atoms with Crippen molar-refractivity contribution in [1.82, 2.24) is 10.2 Å². The highest BCUT2D eigenvalue weighted by molar-refractivity contribution is 4.90. The van der Waals surface area contributed by atoms with E-state index in [0.717, 1.165) is 25.9 Å². The van der Waals surface area contributed by atoms with Crippen LogP contribution < -0.4 is 5.32 Å². The van der Waals surface area contributed by atoms with Gasteiger partial charge in [0.15, 0.2) is 0 Å². The molecule has 2 unspecified atom stereocenters. The number of nitrogens with one attached hydrogen (secondary N) is 1. The van der Waals surface area contributed by atoms with Crippen molar-refractivity contribution in [1.29, 1.82) is 5.26 Å². The lowest BCUT2D eigenvalue weighted by molar-refractivity contribution is 0.138. The van der Waals surface area contributed by atoms with E-state index in [2.05, 4.69) is 58.0 Å². The Morgan fingerprint density at radius 2 is 1.94 bits per heavy atom. The molecule has 0 saturated carbocycles. The molecular weight excluding hydrogens is 210 g/mol. The first-order valence-corrected chi connectivity index (χ1v) is 6.66. The highest BCUT2D eigenvalue weighted by atomic mass is 15.1. The molecule has 0 aromatic rings. The van der Waals surface area contributed by atoms with Crippen molar-refractivity contribution < 1.29 is 0 Å². The van der Waals surface area contributed by atoms with Crippen molar-refractivity contribution in [2.24, 2.45) is 5.41 Å². The van der Waals surface area contributed by atoms with Gasteiger partial charge in [0.2, 0.25) is 0 Å².